The van der Waals surface area contributed by atoms with Gasteiger partial charge in [0.2, 0.25) is 0 Å². The van der Waals surface area contributed by atoms with Gasteiger partial charge in [-0.15, -0.1) is 0 Å². The summed E-state index contributed by atoms with van der Waals surface area (Å²) in [5.41, 5.74) is 2.14. The number of allylic oxidation sites excluding steroid dienone is 1. The zero-order valence-corrected chi connectivity index (χ0v) is 28.4. The Labute approximate surface area is 281 Å². The van der Waals surface area contributed by atoms with Gasteiger partial charge in [0.1, 0.15) is 24.1 Å². The lowest BCUT2D eigenvalue weighted by atomic mass is 9.95. The fraction of sp³-hybridized carbons (Fsp3) is 0.242. The molecule has 0 radical (unpaired) electrons. The first-order chi connectivity index (χ1) is 22.0. The summed E-state index contributed by atoms with van der Waals surface area (Å²) >= 11 is 11.1. The monoisotopic (exact) mass is 725 g/mol. The number of nitro benzene ring substituents is 1. The van der Waals surface area contributed by atoms with Gasteiger partial charge in [-0.2, -0.15) is 0 Å². The van der Waals surface area contributed by atoms with E-state index >= 15 is 0 Å². The van der Waals surface area contributed by atoms with Crippen molar-refractivity contribution < 1.29 is 23.9 Å². The predicted molar refractivity (Wildman–Crippen MR) is 179 cm³/mol. The number of aromatic nitrogens is 1. The zero-order valence-electron chi connectivity index (χ0n) is 25.3. The number of nitrogens with zero attached hydrogens (tertiary/aromatic N) is 3. The number of ether oxygens (including phenoxy) is 3. The van der Waals surface area contributed by atoms with E-state index < -0.39 is 16.9 Å². The molecule has 0 amide bonds. The Bertz CT molecular complexity index is 2040. The molecule has 0 bridgehead atoms. The number of carbonyl (C=O) groups is 1. The van der Waals surface area contributed by atoms with Crippen molar-refractivity contribution in [1.29, 1.82) is 0 Å². The zero-order chi connectivity index (χ0) is 33.1. The minimum Gasteiger partial charge on any atom is -0.491 e. The molecule has 2 heterocycles. The molecule has 13 heteroatoms. The van der Waals surface area contributed by atoms with Crippen molar-refractivity contribution in [3.05, 3.63) is 128 Å². The SMILES string of the molecule is CCOC(=O)C1=C(C)N=c2s/c(=C\c3cc(Cl)cc(Br)c3OCc3ccc([N+](=O)[O-])cc3)c(=O)n2[C@@H]1c1ccccc1OC(C)C. The van der Waals surface area contributed by atoms with E-state index in [9.17, 15) is 19.7 Å². The van der Waals surface area contributed by atoms with Gasteiger partial charge in [-0.05, 0) is 85.6 Å². The summed E-state index contributed by atoms with van der Waals surface area (Å²) in [6.45, 7) is 7.51. The second-order valence-electron chi connectivity index (χ2n) is 10.5. The van der Waals surface area contributed by atoms with Crippen LogP contribution in [-0.2, 0) is 16.1 Å². The number of non-ortho nitro benzene ring substituents is 1. The van der Waals surface area contributed by atoms with Crippen LogP contribution in [0.3, 0.4) is 0 Å². The van der Waals surface area contributed by atoms with E-state index in [1.165, 1.54) is 28.0 Å². The minimum atomic E-state index is -0.851. The van der Waals surface area contributed by atoms with Crippen molar-refractivity contribution in [2.45, 2.75) is 46.4 Å². The van der Waals surface area contributed by atoms with E-state index in [2.05, 4.69) is 20.9 Å². The average molecular weight is 727 g/mol. The van der Waals surface area contributed by atoms with Gasteiger partial charge < -0.3 is 14.2 Å². The molecular weight excluding hydrogens is 698 g/mol. The highest BCUT2D eigenvalue weighted by Crippen LogP contribution is 2.37. The summed E-state index contributed by atoms with van der Waals surface area (Å²) in [5, 5.41) is 11.4. The molecule has 1 atom stereocenters. The van der Waals surface area contributed by atoms with Gasteiger partial charge in [0.25, 0.3) is 11.2 Å². The molecule has 1 aromatic heterocycles. The molecule has 0 fully saturated rings. The minimum absolute atomic E-state index is 0.0227. The van der Waals surface area contributed by atoms with E-state index in [-0.39, 0.29) is 36.1 Å². The lowest BCUT2D eigenvalue weighted by Crippen LogP contribution is -2.40. The third-order valence-corrected chi connectivity index (χ3v) is 8.74. The predicted octanol–water partition coefficient (Wildman–Crippen LogP) is 6.49. The first kappa shape index (κ1) is 33.1. The largest absolute Gasteiger partial charge is 0.491 e. The molecule has 46 heavy (non-hydrogen) atoms. The van der Waals surface area contributed by atoms with Gasteiger partial charge in [0, 0.05) is 28.3 Å². The van der Waals surface area contributed by atoms with Crippen LogP contribution in [0.1, 0.15) is 50.4 Å². The van der Waals surface area contributed by atoms with Crippen molar-refractivity contribution in [1.82, 2.24) is 4.57 Å². The van der Waals surface area contributed by atoms with E-state index in [1.807, 2.05) is 32.0 Å². The van der Waals surface area contributed by atoms with Crippen LogP contribution in [0.15, 0.2) is 86.2 Å². The highest BCUT2D eigenvalue weighted by atomic mass is 79.9. The average Bonchev–Trinajstić information content (AvgIpc) is 3.30. The topological polar surface area (TPSA) is 122 Å². The maximum Gasteiger partial charge on any atom is 0.338 e. The molecule has 5 rings (SSSR count). The summed E-state index contributed by atoms with van der Waals surface area (Å²) in [7, 11) is 0. The third kappa shape index (κ3) is 6.93. The summed E-state index contributed by atoms with van der Waals surface area (Å²) in [5.74, 6) is 0.390. The fourth-order valence-electron chi connectivity index (χ4n) is 5.00. The highest BCUT2D eigenvalue weighted by molar-refractivity contribution is 9.10. The molecule has 0 saturated heterocycles. The van der Waals surface area contributed by atoms with Crippen LogP contribution < -0.4 is 24.4 Å². The van der Waals surface area contributed by atoms with E-state index in [0.29, 0.717) is 52.7 Å². The number of benzene rings is 3. The Morgan fingerprint density at radius 3 is 2.59 bits per heavy atom. The second-order valence-corrected chi connectivity index (χ2v) is 12.8. The molecule has 0 unspecified atom stereocenters. The Kier molecular flexibility index (Phi) is 10.1. The number of hydrogen-bond donors (Lipinski definition) is 0. The number of esters is 1. The number of carbonyl (C=O) groups excluding carboxylic acids is 1. The quantitative estimate of drug-likeness (QED) is 0.104. The first-order valence-electron chi connectivity index (χ1n) is 14.3. The van der Waals surface area contributed by atoms with Crippen molar-refractivity contribution in [2.24, 2.45) is 4.99 Å². The molecule has 0 spiro atoms. The van der Waals surface area contributed by atoms with E-state index in [1.54, 1.807) is 50.3 Å². The van der Waals surface area contributed by atoms with Gasteiger partial charge in [-0.1, -0.05) is 41.1 Å². The smallest absolute Gasteiger partial charge is 0.338 e. The number of para-hydroxylation sites is 1. The van der Waals surface area contributed by atoms with E-state index in [4.69, 9.17) is 25.8 Å². The van der Waals surface area contributed by atoms with Gasteiger partial charge in [-0.25, -0.2) is 9.79 Å². The number of rotatable bonds is 10. The Morgan fingerprint density at radius 1 is 1.20 bits per heavy atom. The maximum atomic E-state index is 14.2. The van der Waals surface area contributed by atoms with Crippen LogP contribution >= 0.6 is 38.9 Å². The Morgan fingerprint density at radius 2 is 1.91 bits per heavy atom. The van der Waals surface area contributed by atoms with Gasteiger partial charge in [0.15, 0.2) is 4.80 Å². The number of halogens is 2. The maximum absolute atomic E-state index is 14.2. The number of fused-ring (bicyclic) bond motifs is 1. The Balaban J connectivity index is 1.64. The number of thiazole rings is 1. The molecule has 1 aliphatic heterocycles. The second kappa shape index (κ2) is 14.0. The summed E-state index contributed by atoms with van der Waals surface area (Å²) < 4.78 is 20.0. The highest BCUT2D eigenvalue weighted by Gasteiger charge is 2.35. The van der Waals surface area contributed by atoms with Crippen LogP contribution in [0.5, 0.6) is 11.5 Å². The Hall–Kier alpha value is -4.26. The van der Waals surface area contributed by atoms with Gasteiger partial charge >= 0.3 is 5.97 Å². The van der Waals surface area contributed by atoms with Crippen LogP contribution in [0.25, 0.3) is 6.08 Å². The fourth-order valence-corrected chi connectivity index (χ4v) is 6.99. The van der Waals surface area contributed by atoms with Crippen molar-refractivity contribution in [3.8, 4) is 11.5 Å². The number of nitro groups is 1. The van der Waals surface area contributed by atoms with Crippen molar-refractivity contribution >= 4 is 56.6 Å². The lowest BCUT2D eigenvalue weighted by Gasteiger charge is -2.26. The molecular formula is C33H29BrClN3O7S. The van der Waals surface area contributed by atoms with Crippen LogP contribution in [0.2, 0.25) is 5.02 Å². The third-order valence-electron chi connectivity index (χ3n) is 6.95. The lowest BCUT2D eigenvalue weighted by molar-refractivity contribution is -0.384. The van der Waals surface area contributed by atoms with Crippen LogP contribution in [-0.4, -0.2) is 28.2 Å². The van der Waals surface area contributed by atoms with E-state index in [0.717, 1.165) is 0 Å². The van der Waals surface area contributed by atoms with Crippen LogP contribution in [0.4, 0.5) is 5.69 Å². The molecule has 1 aliphatic rings. The standard InChI is InChI=1S/C33H29BrClN3O7S/c1-5-43-32(40)28-19(4)36-33-37(29(28)24-8-6-7-9-26(24)45-18(2)3)31(39)27(46-33)15-21-14-22(35)16-25(34)30(21)44-17-20-10-12-23(13-11-20)38(41)42/h6-16,18,29H,5,17H2,1-4H3/b27-15-/t29-/m1/s1. The molecule has 238 valence electrons. The van der Waals surface area contributed by atoms with Gasteiger partial charge in [-0.3, -0.25) is 19.5 Å². The van der Waals surface area contributed by atoms with Crippen LogP contribution in [0, 0.1) is 10.1 Å². The molecule has 10 nitrogen and oxygen atoms in total. The molecule has 4 aromatic rings. The molecule has 0 N–H and O–H groups in total. The molecule has 3 aromatic carbocycles. The first-order valence-corrected chi connectivity index (χ1v) is 16.3. The molecule has 0 aliphatic carbocycles. The van der Waals surface area contributed by atoms with Crippen molar-refractivity contribution in [3.63, 3.8) is 0 Å². The van der Waals surface area contributed by atoms with Gasteiger partial charge in [0.05, 0.1) is 37.9 Å². The summed E-state index contributed by atoms with van der Waals surface area (Å²) in [6.07, 6.45) is 1.52. The summed E-state index contributed by atoms with van der Waals surface area (Å²) in [6, 6.07) is 15.8. The van der Waals surface area contributed by atoms with Crippen molar-refractivity contribution in [2.75, 3.05) is 6.61 Å². The molecule has 0 saturated carbocycles. The number of hydrogen-bond acceptors (Lipinski definition) is 9. The summed E-state index contributed by atoms with van der Waals surface area (Å²) in [4.78, 5) is 43.2. The normalized spacial score (nSPS) is 14.6.